The monoisotopic (exact) mass is 157 g/mol. The van der Waals surface area contributed by atoms with E-state index in [0.29, 0.717) is 4.90 Å². The number of amides is 2. The van der Waals surface area contributed by atoms with Crippen molar-refractivity contribution < 1.29 is 19.5 Å². The molecule has 0 radical (unpaired) electrons. The Hall–Kier alpha value is -1.39. The van der Waals surface area contributed by atoms with Crippen molar-refractivity contribution in [2.75, 3.05) is 0 Å². The maximum atomic E-state index is 10.8. The van der Waals surface area contributed by atoms with Gasteiger partial charge >= 0.3 is 6.09 Å². The normalized spacial score (nSPS) is 24.5. The maximum Gasteiger partial charge on any atom is 0.414 e. The Bertz CT molecular complexity index is 235. The van der Waals surface area contributed by atoms with E-state index in [1.807, 2.05) is 0 Å². The molecule has 5 heteroatoms. The van der Waals surface area contributed by atoms with Gasteiger partial charge in [0.1, 0.15) is 0 Å². The highest BCUT2D eigenvalue weighted by atomic mass is 16.4. The molecule has 1 heterocycles. The first-order valence-corrected chi connectivity index (χ1v) is 3.11. The first-order valence-electron chi connectivity index (χ1n) is 3.11. The molecule has 0 bridgehead atoms. The van der Waals surface area contributed by atoms with E-state index < -0.39 is 18.0 Å². The Kier molecular flexibility index (Phi) is 1.64. The summed E-state index contributed by atoms with van der Waals surface area (Å²) in [6, 6.07) is -0.806. The van der Waals surface area contributed by atoms with Gasteiger partial charge in [0, 0.05) is 0 Å². The van der Waals surface area contributed by atoms with Gasteiger partial charge in [-0.3, -0.25) is 9.59 Å². The third kappa shape index (κ3) is 1.09. The molecular weight excluding hydrogens is 150 g/mol. The van der Waals surface area contributed by atoms with E-state index in [-0.39, 0.29) is 12.2 Å². The lowest BCUT2D eigenvalue weighted by molar-refractivity contribution is -0.126. The van der Waals surface area contributed by atoms with Crippen molar-refractivity contribution in [1.82, 2.24) is 4.90 Å². The molecule has 1 fully saturated rings. The molecule has 0 aliphatic carbocycles. The van der Waals surface area contributed by atoms with Gasteiger partial charge in [-0.15, -0.1) is 0 Å². The van der Waals surface area contributed by atoms with Crippen LogP contribution in [-0.4, -0.2) is 33.8 Å². The number of carbonyl (C=O) groups is 3. The van der Waals surface area contributed by atoms with Gasteiger partial charge in [-0.25, -0.2) is 9.69 Å². The van der Waals surface area contributed by atoms with Crippen molar-refractivity contribution in [3.05, 3.63) is 0 Å². The average Bonchev–Trinajstić information content (AvgIpc) is 2.07. The smallest absolute Gasteiger partial charge is 0.414 e. The molecule has 1 aliphatic rings. The fraction of sp³-hybridized carbons (Fsp3) is 0.500. The Morgan fingerprint density at radius 2 is 2.18 bits per heavy atom. The Morgan fingerprint density at radius 3 is 2.36 bits per heavy atom. The summed E-state index contributed by atoms with van der Waals surface area (Å²) in [4.78, 5) is 32.4. The van der Waals surface area contributed by atoms with Crippen LogP contribution in [0.5, 0.6) is 0 Å². The molecule has 0 unspecified atom stereocenters. The van der Waals surface area contributed by atoms with E-state index in [1.165, 1.54) is 6.92 Å². The third-order valence-electron chi connectivity index (χ3n) is 1.65. The lowest BCUT2D eigenvalue weighted by Crippen LogP contribution is -2.37. The van der Waals surface area contributed by atoms with Gasteiger partial charge in [-0.1, -0.05) is 0 Å². The summed E-state index contributed by atoms with van der Waals surface area (Å²) < 4.78 is 0. The number of hydrogen-bond acceptors (Lipinski definition) is 3. The van der Waals surface area contributed by atoms with Gasteiger partial charge in [0.15, 0.2) is 5.78 Å². The van der Waals surface area contributed by atoms with Gasteiger partial charge in [-0.05, 0) is 6.92 Å². The molecule has 1 aliphatic heterocycles. The van der Waals surface area contributed by atoms with Gasteiger partial charge in [-0.2, -0.15) is 0 Å². The Morgan fingerprint density at radius 1 is 1.64 bits per heavy atom. The van der Waals surface area contributed by atoms with E-state index in [0.717, 1.165) is 0 Å². The highest BCUT2D eigenvalue weighted by Gasteiger charge is 2.39. The zero-order chi connectivity index (χ0) is 8.59. The minimum absolute atomic E-state index is 0.284. The number of hydrogen-bond donors (Lipinski definition) is 1. The quantitative estimate of drug-likeness (QED) is 0.496. The highest BCUT2D eigenvalue weighted by molar-refractivity contribution is 6.12. The molecule has 1 rings (SSSR count). The summed E-state index contributed by atoms with van der Waals surface area (Å²) >= 11 is 0. The summed E-state index contributed by atoms with van der Waals surface area (Å²) in [5.41, 5.74) is 0. The molecule has 1 atom stereocenters. The molecule has 0 aromatic heterocycles. The van der Waals surface area contributed by atoms with Crippen molar-refractivity contribution in [2.24, 2.45) is 0 Å². The van der Waals surface area contributed by atoms with Crippen molar-refractivity contribution in [1.29, 1.82) is 0 Å². The van der Waals surface area contributed by atoms with Crippen LogP contribution in [0.4, 0.5) is 4.79 Å². The summed E-state index contributed by atoms with van der Waals surface area (Å²) in [6.45, 7) is 1.40. The molecule has 5 nitrogen and oxygen atoms in total. The second-order valence-corrected chi connectivity index (χ2v) is 2.37. The topological polar surface area (TPSA) is 74.7 Å². The summed E-state index contributed by atoms with van der Waals surface area (Å²) in [6.07, 6.45) is -1.64. The van der Waals surface area contributed by atoms with Crippen LogP contribution in [0, 0.1) is 0 Å². The van der Waals surface area contributed by atoms with Crippen LogP contribution in [0.1, 0.15) is 13.3 Å². The fourth-order valence-electron chi connectivity index (χ4n) is 1.01. The van der Waals surface area contributed by atoms with Crippen LogP contribution in [0.25, 0.3) is 0 Å². The predicted octanol–water partition coefficient (Wildman–Crippen LogP) is -0.146. The SMILES string of the molecule is C[C@@H]1C(=O)CC(=O)N1C(=O)O. The molecule has 11 heavy (non-hydrogen) atoms. The van der Waals surface area contributed by atoms with Crippen molar-refractivity contribution in [2.45, 2.75) is 19.4 Å². The number of carbonyl (C=O) groups excluding carboxylic acids is 2. The molecule has 2 amide bonds. The van der Waals surface area contributed by atoms with Crippen LogP contribution in [-0.2, 0) is 9.59 Å². The minimum Gasteiger partial charge on any atom is -0.465 e. The molecule has 60 valence electrons. The minimum atomic E-state index is -1.35. The maximum absolute atomic E-state index is 10.8. The Balaban J connectivity index is 2.88. The molecule has 0 saturated carbocycles. The zero-order valence-corrected chi connectivity index (χ0v) is 5.90. The van der Waals surface area contributed by atoms with Crippen molar-refractivity contribution >= 4 is 17.8 Å². The van der Waals surface area contributed by atoms with Crippen molar-refractivity contribution in [3.8, 4) is 0 Å². The van der Waals surface area contributed by atoms with Gasteiger partial charge in [0.25, 0.3) is 0 Å². The van der Waals surface area contributed by atoms with E-state index in [4.69, 9.17) is 5.11 Å². The number of ketones is 1. The first kappa shape index (κ1) is 7.71. The third-order valence-corrected chi connectivity index (χ3v) is 1.65. The second-order valence-electron chi connectivity index (χ2n) is 2.37. The van der Waals surface area contributed by atoms with Crippen LogP contribution in [0.2, 0.25) is 0 Å². The lowest BCUT2D eigenvalue weighted by atomic mass is 10.2. The lowest BCUT2D eigenvalue weighted by Gasteiger charge is -2.12. The fourth-order valence-corrected chi connectivity index (χ4v) is 1.01. The number of imide groups is 1. The summed E-state index contributed by atoms with van der Waals surface area (Å²) in [5.74, 6) is -0.965. The van der Waals surface area contributed by atoms with Crippen LogP contribution < -0.4 is 0 Å². The number of carboxylic acid groups (broad SMARTS) is 1. The van der Waals surface area contributed by atoms with Crippen LogP contribution in [0.3, 0.4) is 0 Å². The van der Waals surface area contributed by atoms with E-state index >= 15 is 0 Å². The largest absolute Gasteiger partial charge is 0.465 e. The average molecular weight is 157 g/mol. The second kappa shape index (κ2) is 2.34. The number of likely N-dealkylation sites (tertiary alicyclic amines) is 1. The van der Waals surface area contributed by atoms with E-state index in [9.17, 15) is 14.4 Å². The van der Waals surface area contributed by atoms with Gasteiger partial charge < -0.3 is 5.11 Å². The number of Topliss-reactive ketones (excluding diaryl/α,β-unsaturated/α-hetero) is 1. The first-order chi connectivity index (χ1) is 5.04. The van der Waals surface area contributed by atoms with E-state index in [1.54, 1.807) is 0 Å². The number of nitrogens with zero attached hydrogens (tertiary/aromatic N) is 1. The molecular formula is C6H7NO4. The molecule has 0 aromatic rings. The number of rotatable bonds is 0. The van der Waals surface area contributed by atoms with Gasteiger partial charge in [0.2, 0.25) is 5.91 Å². The molecule has 1 N–H and O–H groups in total. The molecule has 1 saturated heterocycles. The van der Waals surface area contributed by atoms with Crippen LogP contribution >= 0.6 is 0 Å². The summed E-state index contributed by atoms with van der Waals surface area (Å²) in [5, 5.41) is 8.42. The molecule has 0 aromatic carbocycles. The summed E-state index contributed by atoms with van der Waals surface area (Å²) in [7, 11) is 0. The van der Waals surface area contributed by atoms with E-state index in [2.05, 4.69) is 0 Å². The highest BCUT2D eigenvalue weighted by Crippen LogP contribution is 2.14. The standard InChI is InChI=1S/C6H7NO4/c1-3-4(8)2-5(9)7(3)6(10)11/h3H,2H2,1H3,(H,10,11)/t3-/m1/s1. The van der Waals surface area contributed by atoms with Crippen LogP contribution in [0.15, 0.2) is 0 Å². The Labute approximate surface area is 62.6 Å². The van der Waals surface area contributed by atoms with Crippen molar-refractivity contribution in [3.63, 3.8) is 0 Å². The molecule has 0 spiro atoms. The zero-order valence-electron chi connectivity index (χ0n) is 5.90. The van der Waals surface area contributed by atoms with Gasteiger partial charge in [0.05, 0.1) is 12.5 Å². The predicted molar refractivity (Wildman–Crippen MR) is 34.0 cm³/mol.